The van der Waals surface area contributed by atoms with Gasteiger partial charge in [0.2, 0.25) is 0 Å². The first-order valence-electron chi connectivity index (χ1n) is 10.6. The maximum absolute atomic E-state index is 13.7. The van der Waals surface area contributed by atoms with E-state index in [1.807, 2.05) is 23.6 Å². The van der Waals surface area contributed by atoms with Crippen LogP contribution in [0.3, 0.4) is 0 Å². The van der Waals surface area contributed by atoms with E-state index in [0.29, 0.717) is 11.5 Å². The van der Waals surface area contributed by atoms with E-state index in [-0.39, 0.29) is 5.69 Å². The molecule has 0 fully saturated rings. The van der Waals surface area contributed by atoms with Gasteiger partial charge in [0.15, 0.2) is 5.82 Å². The van der Waals surface area contributed by atoms with Crippen molar-refractivity contribution in [2.75, 3.05) is 43.1 Å². The molecule has 0 atom stereocenters. The van der Waals surface area contributed by atoms with Crippen LogP contribution < -0.4 is 16.0 Å². The third-order valence-electron chi connectivity index (χ3n) is 4.90. The van der Waals surface area contributed by atoms with Gasteiger partial charge >= 0.3 is 6.03 Å². The summed E-state index contributed by atoms with van der Waals surface area (Å²) in [5, 5.41) is 10.7. The highest BCUT2D eigenvalue weighted by atomic mass is 32.1. The van der Waals surface area contributed by atoms with Crippen LogP contribution in [0.25, 0.3) is 21.6 Å². The van der Waals surface area contributed by atoms with Gasteiger partial charge in [-0.1, -0.05) is 12.1 Å². The molecule has 0 saturated carbocycles. The highest BCUT2D eigenvalue weighted by molar-refractivity contribution is 7.17. The van der Waals surface area contributed by atoms with Gasteiger partial charge in [-0.15, -0.1) is 11.3 Å². The number of benzene rings is 2. The topological polar surface area (TPSA) is 82.2 Å². The van der Waals surface area contributed by atoms with Gasteiger partial charge in [0, 0.05) is 17.8 Å². The van der Waals surface area contributed by atoms with Gasteiger partial charge in [-0.05, 0) is 74.9 Å². The van der Waals surface area contributed by atoms with Crippen LogP contribution in [-0.2, 0) is 0 Å². The molecule has 2 amide bonds. The Labute approximate surface area is 195 Å². The van der Waals surface area contributed by atoms with Crippen molar-refractivity contribution in [2.24, 2.45) is 0 Å². The molecule has 7 nitrogen and oxygen atoms in total. The van der Waals surface area contributed by atoms with E-state index in [1.165, 1.54) is 12.1 Å². The fraction of sp³-hybridized carbons (Fsp3) is 0.208. The Morgan fingerprint density at radius 1 is 1.03 bits per heavy atom. The van der Waals surface area contributed by atoms with Gasteiger partial charge in [-0.2, -0.15) is 0 Å². The van der Waals surface area contributed by atoms with Crippen LogP contribution >= 0.6 is 11.3 Å². The van der Waals surface area contributed by atoms with E-state index in [4.69, 9.17) is 4.98 Å². The van der Waals surface area contributed by atoms with E-state index < -0.39 is 11.8 Å². The van der Waals surface area contributed by atoms with Crippen molar-refractivity contribution < 1.29 is 9.18 Å². The number of para-hydroxylation sites is 1. The number of hydrogen-bond donors (Lipinski definition) is 3. The lowest BCUT2D eigenvalue weighted by atomic mass is 10.2. The number of halogens is 1. The summed E-state index contributed by atoms with van der Waals surface area (Å²) in [5.74, 6) is 0.948. The number of rotatable bonds is 8. The third-order valence-corrected chi connectivity index (χ3v) is 5.81. The monoisotopic (exact) mass is 464 g/mol. The molecular weight excluding hydrogens is 439 g/mol. The average Bonchev–Trinajstić information content (AvgIpc) is 3.27. The van der Waals surface area contributed by atoms with Gasteiger partial charge in [0.1, 0.15) is 11.6 Å². The number of nitrogens with one attached hydrogen (secondary N) is 3. The third kappa shape index (κ3) is 5.82. The quantitative estimate of drug-likeness (QED) is 0.300. The maximum atomic E-state index is 13.7. The molecule has 4 rings (SSSR count). The summed E-state index contributed by atoms with van der Waals surface area (Å²) >= 11 is 1.61. The predicted molar refractivity (Wildman–Crippen MR) is 134 cm³/mol. The number of fused-ring (bicyclic) bond motifs is 1. The smallest absolute Gasteiger partial charge is 0.323 e. The number of thiophene rings is 1. The first-order valence-corrected chi connectivity index (χ1v) is 11.4. The predicted octanol–water partition coefficient (Wildman–Crippen LogP) is 5.51. The molecule has 33 heavy (non-hydrogen) atoms. The minimum absolute atomic E-state index is 0.120. The normalized spacial score (nSPS) is 11.0. The van der Waals surface area contributed by atoms with Gasteiger partial charge < -0.3 is 20.9 Å². The van der Waals surface area contributed by atoms with E-state index in [2.05, 4.69) is 39.9 Å². The Hall–Kier alpha value is -3.56. The average molecular weight is 465 g/mol. The Morgan fingerprint density at radius 3 is 2.58 bits per heavy atom. The fourth-order valence-electron chi connectivity index (χ4n) is 3.26. The Morgan fingerprint density at radius 2 is 1.82 bits per heavy atom. The first-order chi connectivity index (χ1) is 16.0. The van der Waals surface area contributed by atoms with Crippen LogP contribution in [0.2, 0.25) is 0 Å². The number of hydrogen-bond acceptors (Lipinski definition) is 6. The molecule has 0 unspecified atom stereocenters. The second-order valence-electron chi connectivity index (χ2n) is 7.75. The Bertz CT molecular complexity index is 1240. The largest absolute Gasteiger partial charge is 0.369 e. The summed E-state index contributed by atoms with van der Waals surface area (Å²) in [6, 6.07) is 14.7. The van der Waals surface area contributed by atoms with Gasteiger partial charge in [0.05, 0.1) is 15.9 Å². The molecule has 3 N–H and O–H groups in total. The molecule has 2 aromatic heterocycles. The van der Waals surface area contributed by atoms with E-state index in [1.54, 1.807) is 35.6 Å². The van der Waals surface area contributed by atoms with E-state index >= 15 is 0 Å². The molecule has 4 aromatic rings. The first kappa shape index (κ1) is 22.6. The molecular formula is C24H25FN6OS. The summed E-state index contributed by atoms with van der Waals surface area (Å²) in [4.78, 5) is 23.8. The summed E-state index contributed by atoms with van der Waals surface area (Å²) < 4.78 is 14.8. The van der Waals surface area contributed by atoms with Crippen molar-refractivity contribution in [1.82, 2.24) is 14.9 Å². The number of aromatic nitrogens is 2. The van der Waals surface area contributed by atoms with Crippen LogP contribution in [0.15, 0.2) is 60.0 Å². The zero-order chi connectivity index (χ0) is 23.2. The lowest BCUT2D eigenvalue weighted by Gasteiger charge is -2.12. The molecule has 170 valence electrons. The molecule has 0 bridgehead atoms. The van der Waals surface area contributed by atoms with Crippen molar-refractivity contribution in [3.05, 3.63) is 65.8 Å². The van der Waals surface area contributed by atoms with Crippen LogP contribution in [0.1, 0.15) is 6.42 Å². The standard InChI is InChI=1S/C24H25FN6OS/c1-31(2)14-5-13-26-23-21-20(12-15-33-21)28-22(30-23)16-8-10-17(11-9-16)27-24(32)29-19-7-4-3-6-18(19)25/h3-4,6-12,15H,5,13-14H2,1-2H3,(H,26,28,30)(H2,27,29,32). The Balaban J connectivity index is 1.46. The van der Waals surface area contributed by atoms with Crippen LogP contribution in [0, 0.1) is 5.82 Å². The molecule has 2 heterocycles. The minimum Gasteiger partial charge on any atom is -0.369 e. The second-order valence-corrected chi connectivity index (χ2v) is 8.67. The van der Waals surface area contributed by atoms with Crippen LogP contribution in [0.5, 0.6) is 0 Å². The molecule has 2 aromatic carbocycles. The van der Waals surface area contributed by atoms with Crippen molar-refractivity contribution in [3.63, 3.8) is 0 Å². The van der Waals surface area contributed by atoms with Gasteiger partial charge in [-0.25, -0.2) is 19.2 Å². The number of nitrogens with zero attached hydrogens (tertiary/aromatic N) is 3. The second kappa shape index (κ2) is 10.4. The SMILES string of the molecule is CN(C)CCCNc1nc(-c2ccc(NC(=O)Nc3ccccc3F)cc2)nc2ccsc12. The minimum atomic E-state index is -0.520. The van der Waals surface area contributed by atoms with Crippen molar-refractivity contribution in [2.45, 2.75) is 6.42 Å². The summed E-state index contributed by atoms with van der Waals surface area (Å²) in [7, 11) is 4.12. The molecule has 9 heteroatoms. The summed E-state index contributed by atoms with van der Waals surface area (Å²) in [6.07, 6.45) is 1.01. The van der Waals surface area contributed by atoms with Gasteiger partial charge in [0.25, 0.3) is 0 Å². The molecule has 0 spiro atoms. The maximum Gasteiger partial charge on any atom is 0.323 e. The molecule has 0 saturated heterocycles. The molecule has 0 aliphatic rings. The zero-order valence-electron chi connectivity index (χ0n) is 18.4. The fourth-order valence-corrected chi connectivity index (χ4v) is 4.06. The number of anilines is 3. The van der Waals surface area contributed by atoms with Crippen molar-refractivity contribution in [3.8, 4) is 11.4 Å². The zero-order valence-corrected chi connectivity index (χ0v) is 19.2. The molecule has 0 aliphatic heterocycles. The number of amides is 2. The van der Waals surface area contributed by atoms with E-state index in [0.717, 1.165) is 41.1 Å². The summed E-state index contributed by atoms with van der Waals surface area (Å²) in [6.45, 7) is 1.82. The van der Waals surface area contributed by atoms with Crippen molar-refractivity contribution >= 4 is 44.8 Å². The highest BCUT2D eigenvalue weighted by Crippen LogP contribution is 2.29. The van der Waals surface area contributed by atoms with Crippen LogP contribution in [-0.4, -0.2) is 48.1 Å². The summed E-state index contributed by atoms with van der Waals surface area (Å²) in [5.41, 5.74) is 2.42. The number of carbonyl (C=O) groups excluding carboxylic acids is 1. The Kier molecular flexibility index (Phi) is 7.11. The van der Waals surface area contributed by atoms with E-state index in [9.17, 15) is 9.18 Å². The molecule has 0 radical (unpaired) electrons. The number of carbonyl (C=O) groups is 1. The van der Waals surface area contributed by atoms with Crippen LogP contribution in [0.4, 0.5) is 26.4 Å². The van der Waals surface area contributed by atoms with Crippen molar-refractivity contribution in [1.29, 1.82) is 0 Å². The lowest BCUT2D eigenvalue weighted by molar-refractivity contribution is 0.262. The number of urea groups is 1. The van der Waals surface area contributed by atoms with Gasteiger partial charge in [-0.3, -0.25) is 0 Å². The molecule has 0 aliphatic carbocycles. The lowest BCUT2D eigenvalue weighted by Crippen LogP contribution is -2.20. The highest BCUT2D eigenvalue weighted by Gasteiger charge is 2.11.